The molecule has 0 aliphatic heterocycles. The van der Waals surface area contributed by atoms with Crippen LogP contribution in [0.3, 0.4) is 0 Å². The van der Waals surface area contributed by atoms with Crippen molar-refractivity contribution in [3.63, 3.8) is 0 Å². The van der Waals surface area contributed by atoms with Gasteiger partial charge in [0, 0.05) is 13.0 Å². The molecule has 0 bridgehead atoms. The third kappa shape index (κ3) is 2.81. The number of hydrogen-bond donors (Lipinski definition) is 0. The maximum atomic E-state index is 12.8. The van der Waals surface area contributed by atoms with E-state index >= 15 is 0 Å². The first-order valence-corrected chi connectivity index (χ1v) is 5.65. The summed E-state index contributed by atoms with van der Waals surface area (Å²) in [7, 11) is 0. The zero-order valence-electron chi connectivity index (χ0n) is 10.0. The van der Waals surface area contributed by atoms with Crippen molar-refractivity contribution in [3.8, 4) is 0 Å². The summed E-state index contributed by atoms with van der Waals surface area (Å²) in [6, 6.07) is 6.31. The van der Waals surface area contributed by atoms with Crippen molar-refractivity contribution in [2.45, 2.75) is 33.2 Å². The van der Waals surface area contributed by atoms with E-state index in [4.69, 9.17) is 0 Å². The molecule has 1 atom stereocenters. The van der Waals surface area contributed by atoms with E-state index in [1.807, 2.05) is 20.8 Å². The van der Waals surface area contributed by atoms with Crippen LogP contribution in [0.1, 0.15) is 38.8 Å². The van der Waals surface area contributed by atoms with Crippen LogP contribution in [0.4, 0.5) is 4.39 Å². The highest BCUT2D eigenvalue weighted by Crippen LogP contribution is 2.20. The van der Waals surface area contributed by atoms with Gasteiger partial charge in [-0.25, -0.2) is 4.39 Å². The molecular formula is C13H18FNO. The van der Waals surface area contributed by atoms with Gasteiger partial charge in [0.1, 0.15) is 5.82 Å². The SMILES string of the molecule is CCC(=O)N(CC)C(C)c1ccc(F)cc1. The van der Waals surface area contributed by atoms with Crippen LogP contribution < -0.4 is 0 Å². The first-order chi connectivity index (χ1) is 7.60. The number of carbonyl (C=O) groups is 1. The molecule has 1 aromatic rings. The van der Waals surface area contributed by atoms with Crippen molar-refractivity contribution in [3.05, 3.63) is 35.6 Å². The Morgan fingerprint density at radius 2 is 1.88 bits per heavy atom. The maximum Gasteiger partial charge on any atom is 0.222 e. The molecule has 0 radical (unpaired) electrons. The van der Waals surface area contributed by atoms with Crippen molar-refractivity contribution in [1.82, 2.24) is 4.90 Å². The van der Waals surface area contributed by atoms with E-state index < -0.39 is 0 Å². The summed E-state index contributed by atoms with van der Waals surface area (Å²) in [5.74, 6) is -0.125. The van der Waals surface area contributed by atoms with Crippen LogP contribution >= 0.6 is 0 Å². The number of carbonyl (C=O) groups excluding carboxylic acids is 1. The second-order valence-corrected chi connectivity index (χ2v) is 3.76. The number of rotatable bonds is 4. The van der Waals surface area contributed by atoms with Gasteiger partial charge in [-0.15, -0.1) is 0 Å². The van der Waals surface area contributed by atoms with Crippen LogP contribution in [0.5, 0.6) is 0 Å². The number of hydrogen-bond acceptors (Lipinski definition) is 1. The fourth-order valence-corrected chi connectivity index (χ4v) is 1.79. The molecule has 0 saturated carbocycles. The van der Waals surface area contributed by atoms with Crippen molar-refractivity contribution in [1.29, 1.82) is 0 Å². The molecule has 3 heteroatoms. The van der Waals surface area contributed by atoms with Crippen molar-refractivity contribution >= 4 is 5.91 Å². The second kappa shape index (κ2) is 5.64. The minimum Gasteiger partial charge on any atom is -0.336 e. The van der Waals surface area contributed by atoms with Gasteiger partial charge in [0.15, 0.2) is 0 Å². The van der Waals surface area contributed by atoms with E-state index in [9.17, 15) is 9.18 Å². The molecule has 0 aromatic heterocycles. The van der Waals surface area contributed by atoms with Gasteiger partial charge in [0.2, 0.25) is 5.91 Å². The van der Waals surface area contributed by atoms with E-state index in [2.05, 4.69) is 0 Å². The fourth-order valence-electron chi connectivity index (χ4n) is 1.79. The Balaban J connectivity index is 2.86. The van der Waals surface area contributed by atoms with Gasteiger partial charge in [-0.05, 0) is 31.5 Å². The smallest absolute Gasteiger partial charge is 0.222 e. The van der Waals surface area contributed by atoms with Gasteiger partial charge in [0.25, 0.3) is 0 Å². The molecule has 0 aliphatic carbocycles. The minimum atomic E-state index is -0.249. The molecule has 0 spiro atoms. The zero-order valence-corrected chi connectivity index (χ0v) is 10.0. The predicted octanol–water partition coefficient (Wildman–Crippen LogP) is 3.15. The molecule has 1 rings (SSSR count). The Bertz CT molecular complexity index is 347. The maximum absolute atomic E-state index is 12.8. The Morgan fingerprint density at radius 1 is 1.31 bits per heavy atom. The zero-order chi connectivity index (χ0) is 12.1. The molecule has 1 aromatic carbocycles. The number of nitrogens with zero attached hydrogens (tertiary/aromatic N) is 1. The average Bonchev–Trinajstić information content (AvgIpc) is 2.30. The number of amides is 1. The van der Waals surface area contributed by atoms with Crippen LogP contribution in [-0.4, -0.2) is 17.4 Å². The highest BCUT2D eigenvalue weighted by molar-refractivity contribution is 5.76. The van der Waals surface area contributed by atoms with Crippen molar-refractivity contribution < 1.29 is 9.18 Å². The van der Waals surface area contributed by atoms with E-state index in [1.54, 1.807) is 17.0 Å². The molecule has 1 unspecified atom stereocenters. The summed E-state index contributed by atoms with van der Waals surface area (Å²) >= 11 is 0. The summed E-state index contributed by atoms with van der Waals surface area (Å²) in [6.45, 7) is 6.44. The number of benzene rings is 1. The van der Waals surface area contributed by atoms with E-state index in [0.29, 0.717) is 13.0 Å². The predicted molar refractivity (Wildman–Crippen MR) is 62.5 cm³/mol. The highest BCUT2D eigenvalue weighted by atomic mass is 19.1. The van der Waals surface area contributed by atoms with Crippen LogP contribution in [0.15, 0.2) is 24.3 Å². The lowest BCUT2D eigenvalue weighted by Crippen LogP contribution is -2.32. The topological polar surface area (TPSA) is 20.3 Å². The van der Waals surface area contributed by atoms with Crippen LogP contribution in [-0.2, 0) is 4.79 Å². The van der Waals surface area contributed by atoms with Gasteiger partial charge in [-0.1, -0.05) is 19.1 Å². The Morgan fingerprint density at radius 3 is 2.31 bits per heavy atom. The lowest BCUT2D eigenvalue weighted by molar-refractivity contribution is -0.132. The molecule has 0 N–H and O–H groups in total. The first kappa shape index (κ1) is 12.7. The number of halogens is 1. The van der Waals surface area contributed by atoms with Gasteiger partial charge in [-0.2, -0.15) is 0 Å². The third-order valence-corrected chi connectivity index (χ3v) is 2.78. The van der Waals surface area contributed by atoms with E-state index in [1.165, 1.54) is 12.1 Å². The van der Waals surface area contributed by atoms with Crippen LogP contribution in [0.2, 0.25) is 0 Å². The second-order valence-electron chi connectivity index (χ2n) is 3.76. The largest absolute Gasteiger partial charge is 0.336 e. The normalized spacial score (nSPS) is 12.2. The summed E-state index contributed by atoms with van der Waals surface area (Å²) in [4.78, 5) is 13.5. The quantitative estimate of drug-likeness (QED) is 0.767. The average molecular weight is 223 g/mol. The highest BCUT2D eigenvalue weighted by Gasteiger charge is 2.18. The van der Waals surface area contributed by atoms with Crippen LogP contribution in [0.25, 0.3) is 0 Å². The lowest BCUT2D eigenvalue weighted by Gasteiger charge is -2.28. The molecule has 2 nitrogen and oxygen atoms in total. The van der Waals surface area contributed by atoms with E-state index in [0.717, 1.165) is 5.56 Å². The van der Waals surface area contributed by atoms with Gasteiger partial charge >= 0.3 is 0 Å². The molecule has 88 valence electrons. The summed E-state index contributed by atoms with van der Waals surface area (Å²) in [6.07, 6.45) is 0.499. The Hall–Kier alpha value is -1.38. The lowest BCUT2D eigenvalue weighted by atomic mass is 10.1. The molecule has 16 heavy (non-hydrogen) atoms. The first-order valence-electron chi connectivity index (χ1n) is 5.65. The van der Waals surface area contributed by atoms with Gasteiger partial charge in [-0.3, -0.25) is 4.79 Å². The molecular weight excluding hydrogens is 205 g/mol. The Labute approximate surface area is 96.1 Å². The molecule has 0 fully saturated rings. The molecule has 0 saturated heterocycles. The van der Waals surface area contributed by atoms with Gasteiger partial charge in [0.05, 0.1) is 6.04 Å². The van der Waals surface area contributed by atoms with Gasteiger partial charge < -0.3 is 4.90 Å². The minimum absolute atomic E-state index is 0.00181. The van der Waals surface area contributed by atoms with E-state index in [-0.39, 0.29) is 17.8 Å². The molecule has 0 aliphatic rings. The summed E-state index contributed by atoms with van der Waals surface area (Å²) < 4.78 is 12.8. The monoisotopic (exact) mass is 223 g/mol. The summed E-state index contributed by atoms with van der Waals surface area (Å²) in [5, 5.41) is 0. The fraction of sp³-hybridized carbons (Fsp3) is 0.462. The van der Waals surface area contributed by atoms with Crippen molar-refractivity contribution in [2.75, 3.05) is 6.54 Å². The van der Waals surface area contributed by atoms with Crippen LogP contribution in [0, 0.1) is 5.82 Å². The standard InChI is InChI=1S/C13H18FNO/c1-4-13(16)15(5-2)10(3)11-6-8-12(14)9-7-11/h6-10H,4-5H2,1-3H3. The molecule has 1 amide bonds. The Kier molecular flexibility index (Phi) is 4.47. The molecule has 0 heterocycles. The summed E-state index contributed by atoms with van der Waals surface area (Å²) in [5.41, 5.74) is 0.963. The third-order valence-electron chi connectivity index (χ3n) is 2.78. The van der Waals surface area contributed by atoms with Crippen molar-refractivity contribution in [2.24, 2.45) is 0 Å².